The first-order valence-electron chi connectivity index (χ1n) is 8.42. The van der Waals surface area contributed by atoms with Crippen LogP contribution < -0.4 is 0 Å². The van der Waals surface area contributed by atoms with Gasteiger partial charge < -0.3 is 4.90 Å². The molecule has 0 aliphatic carbocycles. The Morgan fingerprint density at radius 2 is 1.67 bits per heavy atom. The van der Waals surface area contributed by atoms with Crippen LogP contribution >= 0.6 is 0 Å². The quantitative estimate of drug-likeness (QED) is 0.847. The second kappa shape index (κ2) is 8.05. The fourth-order valence-electron chi connectivity index (χ4n) is 3.11. The Balaban J connectivity index is 1.48. The molecule has 2 aromatic carbocycles. The van der Waals surface area contributed by atoms with Gasteiger partial charge in [-0.15, -0.1) is 0 Å². The normalized spacial score (nSPS) is 16.0. The molecule has 3 rings (SSSR count). The van der Waals surface area contributed by atoms with Crippen LogP contribution in [0, 0.1) is 17.1 Å². The molecule has 0 unspecified atom stereocenters. The number of benzene rings is 2. The lowest BCUT2D eigenvalue weighted by atomic mass is 10.1. The van der Waals surface area contributed by atoms with Crippen molar-refractivity contribution in [2.75, 3.05) is 32.7 Å². The predicted octanol–water partition coefficient (Wildman–Crippen LogP) is 3.06. The number of hydrogen-bond donors (Lipinski definition) is 0. The molecule has 0 spiro atoms. The van der Waals surface area contributed by atoms with Crippen molar-refractivity contribution in [3.63, 3.8) is 0 Å². The molecule has 3 nitrogen and oxygen atoms in total. The van der Waals surface area contributed by atoms with E-state index in [4.69, 9.17) is 5.26 Å². The first-order valence-corrected chi connectivity index (χ1v) is 8.42. The van der Waals surface area contributed by atoms with Gasteiger partial charge in [-0.05, 0) is 30.2 Å². The molecule has 0 saturated carbocycles. The highest BCUT2D eigenvalue weighted by molar-refractivity contribution is 5.33. The van der Waals surface area contributed by atoms with E-state index in [1.165, 1.54) is 17.7 Å². The molecule has 1 aliphatic rings. The van der Waals surface area contributed by atoms with E-state index in [1.807, 2.05) is 6.07 Å². The van der Waals surface area contributed by atoms with Gasteiger partial charge in [0.2, 0.25) is 0 Å². The van der Waals surface area contributed by atoms with Crippen LogP contribution in [-0.4, -0.2) is 42.5 Å². The van der Waals surface area contributed by atoms with Gasteiger partial charge in [-0.3, -0.25) is 4.90 Å². The number of nitrogens with zero attached hydrogens (tertiary/aromatic N) is 3. The molecule has 0 bridgehead atoms. The van der Waals surface area contributed by atoms with Gasteiger partial charge in [0.15, 0.2) is 0 Å². The lowest BCUT2D eigenvalue weighted by Gasteiger charge is -2.34. The summed E-state index contributed by atoms with van der Waals surface area (Å²) in [5.41, 5.74) is 2.51. The smallest absolute Gasteiger partial charge is 0.127 e. The molecule has 0 aromatic heterocycles. The minimum atomic E-state index is -0.222. The summed E-state index contributed by atoms with van der Waals surface area (Å²) in [7, 11) is 0. The van der Waals surface area contributed by atoms with Crippen LogP contribution in [0.4, 0.5) is 4.39 Å². The van der Waals surface area contributed by atoms with Crippen LogP contribution in [0.15, 0.2) is 48.5 Å². The third-order valence-corrected chi connectivity index (χ3v) is 4.59. The molecule has 1 fully saturated rings. The van der Waals surface area contributed by atoms with Crippen molar-refractivity contribution >= 4 is 0 Å². The molecule has 2 aromatic rings. The zero-order valence-electron chi connectivity index (χ0n) is 13.8. The van der Waals surface area contributed by atoms with Gasteiger partial charge in [0.1, 0.15) is 5.82 Å². The van der Waals surface area contributed by atoms with E-state index in [9.17, 15) is 4.39 Å². The molecule has 24 heavy (non-hydrogen) atoms. The van der Waals surface area contributed by atoms with E-state index >= 15 is 0 Å². The largest absolute Gasteiger partial charge is 0.300 e. The Kier molecular flexibility index (Phi) is 5.58. The van der Waals surface area contributed by atoms with Crippen molar-refractivity contribution in [3.05, 3.63) is 71.0 Å². The van der Waals surface area contributed by atoms with E-state index in [2.05, 4.69) is 40.1 Å². The van der Waals surface area contributed by atoms with Crippen LogP contribution in [0.1, 0.15) is 16.7 Å². The molecule has 4 heteroatoms. The molecule has 1 aliphatic heterocycles. The van der Waals surface area contributed by atoms with E-state index in [1.54, 1.807) is 6.07 Å². The Labute approximate surface area is 142 Å². The van der Waals surface area contributed by atoms with Crippen molar-refractivity contribution < 1.29 is 4.39 Å². The summed E-state index contributed by atoms with van der Waals surface area (Å²) in [6, 6.07) is 17.2. The van der Waals surface area contributed by atoms with E-state index < -0.39 is 0 Å². The topological polar surface area (TPSA) is 30.3 Å². The Hall–Kier alpha value is -2.22. The molecule has 0 radical (unpaired) electrons. The molecule has 1 saturated heterocycles. The Morgan fingerprint density at radius 1 is 0.958 bits per heavy atom. The maximum atomic E-state index is 13.9. The van der Waals surface area contributed by atoms with Crippen LogP contribution in [-0.2, 0) is 13.0 Å². The van der Waals surface area contributed by atoms with Gasteiger partial charge in [-0.2, -0.15) is 5.26 Å². The number of nitriles is 1. The molecule has 124 valence electrons. The van der Waals surface area contributed by atoms with Crippen LogP contribution in [0.25, 0.3) is 0 Å². The zero-order valence-corrected chi connectivity index (χ0v) is 13.8. The zero-order chi connectivity index (χ0) is 16.8. The Morgan fingerprint density at radius 3 is 2.38 bits per heavy atom. The number of piperazine rings is 1. The average Bonchev–Trinajstić information content (AvgIpc) is 2.64. The van der Waals surface area contributed by atoms with Crippen molar-refractivity contribution in [3.8, 4) is 6.07 Å². The summed E-state index contributed by atoms with van der Waals surface area (Å²) in [4.78, 5) is 4.73. The van der Waals surface area contributed by atoms with Crippen LogP contribution in [0.5, 0.6) is 0 Å². The lowest BCUT2D eigenvalue weighted by molar-refractivity contribution is 0.127. The fourth-order valence-corrected chi connectivity index (χ4v) is 3.11. The van der Waals surface area contributed by atoms with Crippen molar-refractivity contribution in [2.24, 2.45) is 0 Å². The summed E-state index contributed by atoms with van der Waals surface area (Å²) in [6.07, 6.45) is 1.07. The highest BCUT2D eigenvalue weighted by atomic mass is 19.1. The van der Waals surface area contributed by atoms with E-state index in [0.717, 1.165) is 39.1 Å². The second-order valence-electron chi connectivity index (χ2n) is 6.27. The predicted molar refractivity (Wildman–Crippen MR) is 93.0 cm³/mol. The first kappa shape index (κ1) is 16.6. The SMILES string of the molecule is N#Cc1ccc(F)c(CN2CCN(CCc3ccccc3)CC2)c1. The minimum absolute atomic E-state index is 0.222. The number of rotatable bonds is 5. The summed E-state index contributed by atoms with van der Waals surface area (Å²) < 4.78 is 13.9. The van der Waals surface area contributed by atoms with E-state index in [0.29, 0.717) is 17.7 Å². The first-order chi connectivity index (χ1) is 11.7. The number of hydrogen-bond acceptors (Lipinski definition) is 3. The standard InChI is InChI=1S/C20H22FN3/c21-20-7-6-18(15-22)14-19(20)16-24-12-10-23(11-13-24)9-8-17-4-2-1-3-5-17/h1-7,14H,8-13,16H2. The van der Waals surface area contributed by atoms with Crippen molar-refractivity contribution in [1.82, 2.24) is 9.80 Å². The fraction of sp³-hybridized carbons (Fsp3) is 0.350. The molecular formula is C20H22FN3. The Bertz CT molecular complexity index is 701. The van der Waals surface area contributed by atoms with Crippen LogP contribution in [0.2, 0.25) is 0 Å². The maximum Gasteiger partial charge on any atom is 0.127 e. The number of halogens is 1. The van der Waals surface area contributed by atoms with Gasteiger partial charge in [-0.25, -0.2) is 4.39 Å². The monoisotopic (exact) mass is 323 g/mol. The minimum Gasteiger partial charge on any atom is -0.300 e. The second-order valence-corrected chi connectivity index (χ2v) is 6.27. The van der Waals surface area contributed by atoms with Crippen molar-refractivity contribution in [2.45, 2.75) is 13.0 Å². The summed E-state index contributed by atoms with van der Waals surface area (Å²) in [6.45, 7) is 5.53. The highest BCUT2D eigenvalue weighted by Gasteiger charge is 2.18. The summed E-state index contributed by atoms with van der Waals surface area (Å²) in [5.74, 6) is -0.222. The third-order valence-electron chi connectivity index (χ3n) is 4.59. The van der Waals surface area contributed by atoms with Gasteiger partial charge >= 0.3 is 0 Å². The highest BCUT2D eigenvalue weighted by Crippen LogP contribution is 2.14. The third kappa shape index (κ3) is 4.41. The molecule has 1 heterocycles. The molecule has 0 N–H and O–H groups in total. The molecular weight excluding hydrogens is 301 g/mol. The van der Waals surface area contributed by atoms with Gasteiger partial charge in [0.25, 0.3) is 0 Å². The van der Waals surface area contributed by atoms with Gasteiger partial charge in [0.05, 0.1) is 11.6 Å². The summed E-state index contributed by atoms with van der Waals surface area (Å²) in [5, 5.41) is 8.95. The lowest BCUT2D eigenvalue weighted by Crippen LogP contribution is -2.46. The average molecular weight is 323 g/mol. The van der Waals surface area contributed by atoms with Gasteiger partial charge in [-0.1, -0.05) is 30.3 Å². The van der Waals surface area contributed by atoms with E-state index in [-0.39, 0.29) is 5.82 Å². The summed E-state index contributed by atoms with van der Waals surface area (Å²) >= 11 is 0. The maximum absolute atomic E-state index is 13.9. The molecule has 0 atom stereocenters. The van der Waals surface area contributed by atoms with Gasteiger partial charge in [0, 0.05) is 44.8 Å². The van der Waals surface area contributed by atoms with Crippen molar-refractivity contribution in [1.29, 1.82) is 5.26 Å². The van der Waals surface area contributed by atoms with Crippen LogP contribution in [0.3, 0.4) is 0 Å². The molecule has 0 amide bonds.